The molecule has 1 heterocycles. The fraction of sp³-hybridized carbons (Fsp3) is 0.0667. The molecule has 0 saturated carbocycles. The van der Waals surface area contributed by atoms with Crippen LogP contribution in [-0.4, -0.2) is 18.0 Å². The SMILES string of the molecule is N#CCc1ccc(NC(=O)C(=O)NN=Cc2ccco2)cc1. The molecule has 2 N–H and O–H groups in total. The van der Waals surface area contributed by atoms with E-state index >= 15 is 0 Å². The highest BCUT2D eigenvalue weighted by molar-refractivity contribution is 6.39. The third kappa shape index (κ3) is 4.31. The first-order chi connectivity index (χ1) is 10.7. The summed E-state index contributed by atoms with van der Waals surface area (Å²) < 4.78 is 4.98. The summed E-state index contributed by atoms with van der Waals surface area (Å²) in [5.74, 6) is -1.29. The molecule has 2 rings (SSSR count). The van der Waals surface area contributed by atoms with Gasteiger partial charge in [-0.05, 0) is 29.8 Å². The molecule has 0 fully saturated rings. The zero-order valence-electron chi connectivity index (χ0n) is 11.4. The van der Waals surface area contributed by atoms with E-state index in [9.17, 15) is 9.59 Å². The fourth-order valence-electron chi connectivity index (χ4n) is 1.56. The number of anilines is 1. The molecule has 110 valence electrons. The maximum absolute atomic E-state index is 11.6. The minimum absolute atomic E-state index is 0.288. The molecule has 0 unspecified atom stereocenters. The number of hydrazone groups is 1. The summed E-state index contributed by atoms with van der Waals surface area (Å²) in [4.78, 5) is 23.2. The number of nitrogens with one attached hydrogen (secondary N) is 2. The number of nitrogens with zero attached hydrogens (tertiary/aromatic N) is 2. The Balaban J connectivity index is 1.85. The molecular weight excluding hydrogens is 284 g/mol. The van der Waals surface area contributed by atoms with Crippen LogP contribution < -0.4 is 10.7 Å². The quantitative estimate of drug-likeness (QED) is 0.505. The van der Waals surface area contributed by atoms with Crippen molar-refractivity contribution in [1.29, 1.82) is 5.26 Å². The molecule has 0 aliphatic carbocycles. The van der Waals surface area contributed by atoms with Crippen molar-refractivity contribution < 1.29 is 14.0 Å². The average molecular weight is 296 g/mol. The monoisotopic (exact) mass is 296 g/mol. The Labute approximate surface area is 126 Å². The number of furan rings is 1. The van der Waals surface area contributed by atoms with E-state index in [1.165, 1.54) is 12.5 Å². The van der Waals surface area contributed by atoms with Crippen LogP contribution in [0.5, 0.6) is 0 Å². The predicted molar refractivity (Wildman–Crippen MR) is 78.8 cm³/mol. The van der Waals surface area contributed by atoms with Gasteiger partial charge in [-0.15, -0.1) is 0 Å². The molecule has 7 nitrogen and oxygen atoms in total. The maximum atomic E-state index is 11.6. The van der Waals surface area contributed by atoms with Gasteiger partial charge in [-0.1, -0.05) is 12.1 Å². The van der Waals surface area contributed by atoms with Crippen LogP contribution in [0.4, 0.5) is 5.69 Å². The molecule has 2 aromatic rings. The minimum Gasteiger partial charge on any atom is -0.463 e. The maximum Gasteiger partial charge on any atom is 0.329 e. The lowest BCUT2D eigenvalue weighted by atomic mass is 10.1. The molecule has 1 aromatic heterocycles. The first kappa shape index (κ1) is 15.0. The second-order valence-corrected chi connectivity index (χ2v) is 4.20. The molecule has 0 aliphatic heterocycles. The van der Waals surface area contributed by atoms with Gasteiger partial charge < -0.3 is 9.73 Å². The summed E-state index contributed by atoms with van der Waals surface area (Å²) in [6.45, 7) is 0. The third-order valence-electron chi connectivity index (χ3n) is 2.60. The normalized spacial score (nSPS) is 10.1. The van der Waals surface area contributed by atoms with Gasteiger partial charge in [0.25, 0.3) is 0 Å². The Morgan fingerprint density at radius 1 is 1.23 bits per heavy atom. The minimum atomic E-state index is -0.899. The van der Waals surface area contributed by atoms with Crippen molar-refractivity contribution in [2.24, 2.45) is 5.10 Å². The Bertz CT molecular complexity index is 712. The van der Waals surface area contributed by atoms with Crippen molar-refractivity contribution in [1.82, 2.24) is 5.43 Å². The molecule has 0 saturated heterocycles. The Morgan fingerprint density at radius 3 is 2.64 bits per heavy atom. The second-order valence-electron chi connectivity index (χ2n) is 4.20. The molecule has 7 heteroatoms. The van der Waals surface area contributed by atoms with Crippen molar-refractivity contribution >= 4 is 23.7 Å². The van der Waals surface area contributed by atoms with Crippen molar-refractivity contribution in [3.8, 4) is 6.07 Å². The van der Waals surface area contributed by atoms with Gasteiger partial charge in [-0.2, -0.15) is 10.4 Å². The highest BCUT2D eigenvalue weighted by Crippen LogP contribution is 2.09. The molecule has 0 radical (unpaired) electrons. The lowest BCUT2D eigenvalue weighted by Crippen LogP contribution is -2.32. The van der Waals surface area contributed by atoms with E-state index < -0.39 is 11.8 Å². The molecule has 0 spiro atoms. The van der Waals surface area contributed by atoms with Gasteiger partial charge in [0.1, 0.15) is 5.76 Å². The highest BCUT2D eigenvalue weighted by atomic mass is 16.3. The number of rotatable bonds is 4. The van der Waals surface area contributed by atoms with Gasteiger partial charge in [-0.25, -0.2) is 5.43 Å². The van der Waals surface area contributed by atoms with Crippen LogP contribution >= 0.6 is 0 Å². The Hall–Kier alpha value is -3.40. The van der Waals surface area contributed by atoms with Crippen molar-refractivity contribution in [3.63, 3.8) is 0 Å². The third-order valence-corrected chi connectivity index (χ3v) is 2.60. The van der Waals surface area contributed by atoms with Crippen molar-refractivity contribution in [2.45, 2.75) is 6.42 Å². The Kier molecular flexibility index (Phi) is 5.04. The van der Waals surface area contributed by atoms with Crippen LogP contribution in [0.1, 0.15) is 11.3 Å². The summed E-state index contributed by atoms with van der Waals surface area (Å²) in [6.07, 6.45) is 3.03. The van der Waals surface area contributed by atoms with E-state index in [-0.39, 0.29) is 6.42 Å². The molecule has 2 amide bonds. The number of hydrogen-bond donors (Lipinski definition) is 2. The predicted octanol–water partition coefficient (Wildman–Crippen LogP) is 1.43. The van der Waals surface area contributed by atoms with Crippen LogP contribution in [0, 0.1) is 11.3 Å². The lowest BCUT2D eigenvalue weighted by Gasteiger charge is -2.04. The zero-order valence-corrected chi connectivity index (χ0v) is 11.4. The van der Waals surface area contributed by atoms with E-state index in [1.807, 2.05) is 6.07 Å². The summed E-state index contributed by atoms with van der Waals surface area (Å²) >= 11 is 0. The average Bonchev–Trinajstić information content (AvgIpc) is 3.02. The molecule has 0 aliphatic rings. The van der Waals surface area contributed by atoms with Crippen LogP contribution in [0.25, 0.3) is 0 Å². The van der Waals surface area contributed by atoms with Crippen LogP contribution in [0.2, 0.25) is 0 Å². The fourth-order valence-corrected chi connectivity index (χ4v) is 1.56. The summed E-state index contributed by atoms with van der Waals surface area (Å²) in [7, 11) is 0. The first-order valence-electron chi connectivity index (χ1n) is 6.33. The van der Waals surface area contributed by atoms with E-state index in [2.05, 4.69) is 15.8 Å². The number of benzene rings is 1. The summed E-state index contributed by atoms with van der Waals surface area (Å²) in [5.41, 5.74) is 3.37. The van der Waals surface area contributed by atoms with E-state index in [4.69, 9.17) is 9.68 Å². The van der Waals surface area contributed by atoms with E-state index in [0.717, 1.165) is 5.56 Å². The zero-order chi connectivity index (χ0) is 15.8. The van der Waals surface area contributed by atoms with Gasteiger partial charge in [0.2, 0.25) is 0 Å². The smallest absolute Gasteiger partial charge is 0.329 e. The van der Waals surface area contributed by atoms with E-state index in [0.29, 0.717) is 11.4 Å². The van der Waals surface area contributed by atoms with Gasteiger partial charge in [0, 0.05) is 5.69 Å². The Morgan fingerprint density at radius 2 is 2.00 bits per heavy atom. The first-order valence-corrected chi connectivity index (χ1v) is 6.33. The highest BCUT2D eigenvalue weighted by Gasteiger charge is 2.12. The van der Waals surface area contributed by atoms with Gasteiger partial charge in [-0.3, -0.25) is 9.59 Å². The molecular formula is C15H12N4O3. The summed E-state index contributed by atoms with van der Waals surface area (Å²) in [6, 6.07) is 12.0. The molecule has 22 heavy (non-hydrogen) atoms. The van der Waals surface area contributed by atoms with E-state index in [1.54, 1.807) is 36.4 Å². The van der Waals surface area contributed by atoms with Crippen molar-refractivity contribution in [2.75, 3.05) is 5.32 Å². The van der Waals surface area contributed by atoms with Crippen LogP contribution in [0.3, 0.4) is 0 Å². The standard InChI is InChI=1S/C15H12N4O3/c16-8-7-11-3-5-12(6-4-11)18-14(20)15(21)19-17-10-13-2-1-9-22-13/h1-6,9-10H,7H2,(H,18,20)(H,19,21). The van der Waals surface area contributed by atoms with Gasteiger partial charge >= 0.3 is 11.8 Å². The van der Waals surface area contributed by atoms with Gasteiger partial charge in [0.05, 0.1) is 25.0 Å². The number of amides is 2. The lowest BCUT2D eigenvalue weighted by molar-refractivity contribution is -0.136. The summed E-state index contributed by atoms with van der Waals surface area (Å²) in [5, 5.41) is 14.6. The molecule has 0 bridgehead atoms. The molecule has 1 aromatic carbocycles. The van der Waals surface area contributed by atoms with Crippen LogP contribution in [-0.2, 0) is 16.0 Å². The van der Waals surface area contributed by atoms with Gasteiger partial charge in [0.15, 0.2) is 0 Å². The number of nitriles is 1. The number of carbonyl (C=O) groups is 2. The molecule has 0 atom stereocenters. The second kappa shape index (κ2) is 7.40. The van der Waals surface area contributed by atoms with Crippen LogP contribution in [0.15, 0.2) is 52.2 Å². The number of hydrogen-bond acceptors (Lipinski definition) is 5. The van der Waals surface area contributed by atoms with Crippen molar-refractivity contribution in [3.05, 3.63) is 54.0 Å². The largest absolute Gasteiger partial charge is 0.463 e. The topological polar surface area (TPSA) is 107 Å². The number of carbonyl (C=O) groups excluding carboxylic acids is 2.